The molecule has 0 aliphatic rings. The largest absolute Gasteiger partial charge is 0.367 e. The highest BCUT2D eigenvalue weighted by molar-refractivity contribution is 5.75. The average molecular weight is 255 g/mol. The number of rotatable bonds is 5. The molecule has 1 rings (SSSR count). The molecule has 0 unspecified atom stereocenters. The second kappa shape index (κ2) is 4.97. The molecule has 0 fully saturated rings. The number of halogens is 4. The lowest BCUT2D eigenvalue weighted by molar-refractivity contribution is -0.136. The maximum Gasteiger partial charge on any atom is 0.324 e. The monoisotopic (exact) mass is 255 g/mol. The Morgan fingerprint density at radius 2 is 2.24 bits per heavy atom. The number of hydrogen-bond acceptors (Lipinski definition) is 4. The summed E-state index contributed by atoms with van der Waals surface area (Å²) in [5.41, 5.74) is 5.14. The summed E-state index contributed by atoms with van der Waals surface area (Å²) in [6.45, 7) is -1.86. The predicted octanol–water partition coefficient (Wildman–Crippen LogP) is -0.123. The van der Waals surface area contributed by atoms with Crippen molar-refractivity contribution in [2.24, 2.45) is 0 Å². The van der Waals surface area contributed by atoms with Crippen LogP contribution in [-0.2, 0) is 11.3 Å². The zero-order chi connectivity index (χ0) is 13.1. The second-order valence-corrected chi connectivity index (χ2v) is 3.14. The minimum absolute atomic E-state index is 0.0873. The molecule has 96 valence electrons. The van der Waals surface area contributed by atoms with Gasteiger partial charge in [-0.25, -0.2) is 18.4 Å². The molecule has 17 heavy (non-hydrogen) atoms. The Balaban J connectivity index is 2.41. The first-order chi connectivity index (χ1) is 7.81. The van der Waals surface area contributed by atoms with Crippen molar-refractivity contribution in [3.63, 3.8) is 0 Å². The number of nitrogens with two attached hydrogens (primary N) is 1. The quantitative estimate of drug-likeness (QED) is 0.718. The van der Waals surface area contributed by atoms with E-state index in [-0.39, 0.29) is 5.95 Å². The maximum absolute atomic E-state index is 12.4. The molecule has 1 amide bonds. The van der Waals surface area contributed by atoms with Crippen molar-refractivity contribution < 1.29 is 22.4 Å². The molecule has 0 radical (unpaired) electrons. The van der Waals surface area contributed by atoms with Crippen LogP contribution in [0.15, 0.2) is 6.33 Å². The lowest BCUT2D eigenvalue weighted by Gasteiger charge is -2.15. The number of carbonyl (C=O) groups excluding carboxylic acids is 1. The molecule has 0 aliphatic carbocycles. The topological polar surface area (TPSA) is 85.8 Å². The molecule has 0 atom stereocenters. The average Bonchev–Trinajstić information content (AvgIpc) is 2.61. The van der Waals surface area contributed by atoms with Crippen molar-refractivity contribution in [1.29, 1.82) is 0 Å². The van der Waals surface area contributed by atoms with Gasteiger partial charge in [0.2, 0.25) is 11.9 Å². The van der Waals surface area contributed by atoms with Crippen LogP contribution >= 0.6 is 0 Å². The number of amides is 1. The van der Waals surface area contributed by atoms with E-state index in [4.69, 9.17) is 5.73 Å². The van der Waals surface area contributed by atoms with Crippen molar-refractivity contribution in [1.82, 2.24) is 20.1 Å². The molecule has 3 N–H and O–H groups in total. The molecular formula is C7H9F4N5O. The third-order valence-corrected chi connectivity index (χ3v) is 1.70. The third-order valence-electron chi connectivity index (χ3n) is 1.70. The van der Waals surface area contributed by atoms with Crippen LogP contribution in [0, 0.1) is 0 Å². The molecule has 0 bridgehead atoms. The fourth-order valence-corrected chi connectivity index (χ4v) is 0.882. The first kappa shape index (κ1) is 13.2. The van der Waals surface area contributed by atoms with Crippen LogP contribution in [0.3, 0.4) is 0 Å². The molecule has 1 aromatic heterocycles. The first-order valence-corrected chi connectivity index (χ1v) is 4.39. The standard InChI is InChI=1S/C7H9F4N5O/c8-5(9)7(10,11)2-13-4(17)1-16-3-14-6(12)15-16/h3,5H,1-2H2,(H2,12,15)(H,13,17). The Labute approximate surface area is 92.8 Å². The summed E-state index contributed by atoms with van der Waals surface area (Å²) in [5.74, 6) is -5.23. The molecule has 0 saturated carbocycles. The molecule has 10 heteroatoms. The van der Waals surface area contributed by atoms with E-state index in [1.165, 1.54) is 0 Å². The van der Waals surface area contributed by atoms with Crippen LogP contribution in [0.1, 0.15) is 0 Å². The maximum atomic E-state index is 12.4. The van der Waals surface area contributed by atoms with E-state index in [2.05, 4.69) is 10.1 Å². The van der Waals surface area contributed by atoms with Crippen molar-refractivity contribution in [3.05, 3.63) is 6.33 Å². The van der Waals surface area contributed by atoms with Crippen molar-refractivity contribution in [3.8, 4) is 0 Å². The number of nitrogens with one attached hydrogen (secondary N) is 1. The lowest BCUT2D eigenvalue weighted by Crippen LogP contribution is -2.42. The molecule has 0 spiro atoms. The number of nitrogens with zero attached hydrogens (tertiary/aromatic N) is 3. The minimum atomic E-state index is -4.25. The van der Waals surface area contributed by atoms with Crippen LogP contribution in [-0.4, -0.2) is 39.6 Å². The van der Waals surface area contributed by atoms with E-state index in [0.717, 1.165) is 11.0 Å². The highest BCUT2D eigenvalue weighted by Crippen LogP contribution is 2.21. The smallest absolute Gasteiger partial charge is 0.324 e. The SMILES string of the molecule is Nc1ncn(CC(=O)NCC(F)(F)C(F)F)n1. The van der Waals surface area contributed by atoms with Crippen LogP contribution in [0.5, 0.6) is 0 Å². The Bertz CT molecular complexity index is 393. The van der Waals surface area contributed by atoms with Crippen LogP contribution in [0.4, 0.5) is 23.5 Å². The van der Waals surface area contributed by atoms with Crippen molar-refractivity contribution in [2.45, 2.75) is 18.9 Å². The van der Waals surface area contributed by atoms with E-state index < -0.39 is 31.3 Å². The number of nitrogen functional groups attached to an aromatic ring is 1. The number of anilines is 1. The van der Waals surface area contributed by atoms with Gasteiger partial charge in [-0.3, -0.25) is 4.79 Å². The predicted molar refractivity (Wildman–Crippen MR) is 48.4 cm³/mol. The fourth-order valence-electron chi connectivity index (χ4n) is 0.882. The molecular weight excluding hydrogens is 246 g/mol. The van der Waals surface area contributed by atoms with Crippen LogP contribution in [0.2, 0.25) is 0 Å². The van der Waals surface area contributed by atoms with Gasteiger partial charge in [-0.05, 0) is 0 Å². The van der Waals surface area contributed by atoms with Gasteiger partial charge in [0, 0.05) is 0 Å². The second-order valence-electron chi connectivity index (χ2n) is 3.14. The molecule has 0 aromatic carbocycles. The van der Waals surface area contributed by atoms with Crippen molar-refractivity contribution >= 4 is 11.9 Å². The number of alkyl halides is 4. The number of carbonyl (C=O) groups is 1. The van der Waals surface area contributed by atoms with Gasteiger partial charge in [0.1, 0.15) is 12.9 Å². The normalized spacial score (nSPS) is 11.8. The summed E-state index contributed by atoms with van der Waals surface area (Å²) in [6, 6.07) is 0. The fraction of sp³-hybridized carbons (Fsp3) is 0.571. The summed E-state index contributed by atoms with van der Waals surface area (Å²) >= 11 is 0. The first-order valence-electron chi connectivity index (χ1n) is 4.39. The molecule has 1 aromatic rings. The number of hydrogen-bond donors (Lipinski definition) is 2. The molecule has 6 nitrogen and oxygen atoms in total. The molecule has 0 saturated heterocycles. The zero-order valence-corrected chi connectivity index (χ0v) is 8.41. The van der Waals surface area contributed by atoms with E-state index in [1.54, 1.807) is 5.32 Å². The van der Waals surface area contributed by atoms with Gasteiger partial charge in [-0.2, -0.15) is 8.78 Å². The van der Waals surface area contributed by atoms with Crippen LogP contribution in [0.25, 0.3) is 0 Å². The summed E-state index contributed by atoms with van der Waals surface area (Å²) < 4.78 is 49.3. The lowest BCUT2D eigenvalue weighted by atomic mass is 10.3. The highest BCUT2D eigenvalue weighted by atomic mass is 19.3. The van der Waals surface area contributed by atoms with Gasteiger partial charge >= 0.3 is 12.3 Å². The Hall–Kier alpha value is -1.87. The number of aromatic nitrogens is 3. The van der Waals surface area contributed by atoms with Gasteiger partial charge < -0.3 is 11.1 Å². The van der Waals surface area contributed by atoms with Gasteiger partial charge in [0.25, 0.3) is 0 Å². The van der Waals surface area contributed by atoms with Gasteiger partial charge in [-0.1, -0.05) is 0 Å². The highest BCUT2D eigenvalue weighted by Gasteiger charge is 2.40. The van der Waals surface area contributed by atoms with Gasteiger partial charge in [-0.15, -0.1) is 5.10 Å². The Morgan fingerprint density at radius 3 is 2.71 bits per heavy atom. The summed E-state index contributed by atoms with van der Waals surface area (Å²) in [5, 5.41) is 5.18. The summed E-state index contributed by atoms with van der Waals surface area (Å²) in [4.78, 5) is 14.6. The van der Waals surface area contributed by atoms with Gasteiger partial charge in [0.15, 0.2) is 0 Å². The third kappa shape index (κ3) is 3.89. The van der Waals surface area contributed by atoms with Gasteiger partial charge in [0.05, 0.1) is 6.54 Å². The van der Waals surface area contributed by atoms with E-state index in [1.807, 2.05) is 0 Å². The minimum Gasteiger partial charge on any atom is -0.367 e. The van der Waals surface area contributed by atoms with E-state index in [9.17, 15) is 22.4 Å². The molecule has 1 heterocycles. The Morgan fingerprint density at radius 1 is 1.59 bits per heavy atom. The van der Waals surface area contributed by atoms with Crippen molar-refractivity contribution in [2.75, 3.05) is 12.3 Å². The Kier molecular flexibility index (Phi) is 3.86. The zero-order valence-electron chi connectivity index (χ0n) is 8.41. The summed E-state index contributed by atoms with van der Waals surface area (Å²) in [6.07, 6.45) is -2.72. The molecule has 0 aliphatic heterocycles. The van der Waals surface area contributed by atoms with Crippen LogP contribution < -0.4 is 11.1 Å². The van der Waals surface area contributed by atoms with E-state index >= 15 is 0 Å². The summed E-state index contributed by atoms with van der Waals surface area (Å²) in [7, 11) is 0. The van der Waals surface area contributed by atoms with E-state index in [0.29, 0.717) is 0 Å².